The summed E-state index contributed by atoms with van der Waals surface area (Å²) in [5.74, 6) is -3.08. The van der Waals surface area contributed by atoms with Crippen LogP contribution in [0, 0.1) is 23.7 Å². The maximum atomic E-state index is 13.7. The first-order valence-corrected chi connectivity index (χ1v) is 19.7. The molecule has 0 aromatic rings. The molecule has 14 heteroatoms. The summed E-state index contributed by atoms with van der Waals surface area (Å²) in [6.45, 7) is 15.9. The van der Waals surface area contributed by atoms with Crippen molar-refractivity contribution in [1.82, 2.24) is 26.6 Å². The van der Waals surface area contributed by atoms with E-state index in [1.807, 2.05) is 50.5 Å². The molecular weight excluding hydrogens is 687 g/mol. The van der Waals surface area contributed by atoms with Crippen LogP contribution in [0.1, 0.15) is 88.0 Å². The van der Waals surface area contributed by atoms with E-state index in [1.54, 1.807) is 48.5 Å². The molecule has 0 unspecified atom stereocenters. The maximum absolute atomic E-state index is 13.7. The SMILES string of the molecule is CSCC[C@H](NC(=O)[C@@H](NC(=O)OC(C)(C)C)C(C)C)C(=O)N[C@@H](CC(C)C)[C@@H](O)C[C@@H](CO)C(=O)N[C@H](C(=O)NCC1=CC=CC=CC1)C(C)C. The first kappa shape index (κ1) is 46.7. The van der Waals surface area contributed by atoms with E-state index >= 15 is 0 Å². The van der Waals surface area contributed by atoms with Crippen LogP contribution in [-0.2, 0) is 23.9 Å². The van der Waals surface area contributed by atoms with Gasteiger partial charge < -0.3 is 41.5 Å². The van der Waals surface area contributed by atoms with Gasteiger partial charge in [-0.05, 0) is 81.8 Å². The zero-order chi connectivity index (χ0) is 39.6. The lowest BCUT2D eigenvalue weighted by molar-refractivity contribution is -0.134. The number of ether oxygens (including phenoxy) is 1. The van der Waals surface area contributed by atoms with Crippen LogP contribution < -0.4 is 26.6 Å². The average molecular weight is 752 g/mol. The smallest absolute Gasteiger partial charge is 0.408 e. The Kier molecular flexibility index (Phi) is 20.9. The van der Waals surface area contributed by atoms with Gasteiger partial charge in [-0.2, -0.15) is 11.8 Å². The number of aliphatic hydroxyl groups is 2. The lowest BCUT2D eigenvalue weighted by Crippen LogP contribution is -2.58. The summed E-state index contributed by atoms with van der Waals surface area (Å²) in [7, 11) is 0. The standard InChI is InChI=1S/C38H65N5O8S/c1-23(2)19-29(41-34(47)28(17-18-52-10)40-36(49)32(25(5)6)43-37(50)51-38(7,8)9)30(45)20-27(22-44)33(46)42-31(24(3)4)35(48)39-21-26-15-13-11-12-14-16-26/h11-15,23-25,27-32,44-45H,16-22H2,1-10H3,(H,39,48)(H,40,49)(H,41,47)(H,42,46)(H,43,50)/t27-,28-,29-,30-,31-,32-/m0/s1. The van der Waals surface area contributed by atoms with Crippen molar-refractivity contribution in [2.45, 2.75) is 124 Å². The topological polar surface area (TPSA) is 195 Å². The lowest BCUT2D eigenvalue weighted by Gasteiger charge is -2.31. The number of rotatable bonds is 21. The van der Waals surface area contributed by atoms with Crippen molar-refractivity contribution < 1.29 is 38.9 Å². The van der Waals surface area contributed by atoms with Crippen LogP contribution in [0.25, 0.3) is 0 Å². The van der Waals surface area contributed by atoms with Crippen molar-refractivity contribution >= 4 is 41.5 Å². The fourth-order valence-corrected chi connectivity index (χ4v) is 5.90. The molecule has 0 heterocycles. The second-order valence-corrected chi connectivity index (χ2v) is 16.4. The Labute approximate surface area is 315 Å². The van der Waals surface area contributed by atoms with Crippen molar-refractivity contribution in [1.29, 1.82) is 0 Å². The summed E-state index contributed by atoms with van der Waals surface area (Å²) < 4.78 is 5.33. The molecule has 5 amide bonds. The number of hydrogen-bond donors (Lipinski definition) is 7. The summed E-state index contributed by atoms with van der Waals surface area (Å²) in [4.78, 5) is 66.1. The Balaban J connectivity index is 3.06. The Bertz CT molecular complexity index is 1260. The number of hydrogen-bond acceptors (Lipinski definition) is 9. The number of allylic oxidation sites excluding steroid dienone is 5. The molecule has 7 N–H and O–H groups in total. The molecule has 0 saturated carbocycles. The number of thioether (sulfide) groups is 1. The molecule has 13 nitrogen and oxygen atoms in total. The molecular formula is C38H65N5O8S. The van der Waals surface area contributed by atoms with Crippen LogP contribution >= 0.6 is 11.8 Å². The number of carbonyl (C=O) groups excluding carboxylic acids is 5. The molecule has 296 valence electrons. The van der Waals surface area contributed by atoms with E-state index in [2.05, 4.69) is 26.6 Å². The number of nitrogens with one attached hydrogen (secondary N) is 5. The van der Waals surface area contributed by atoms with Gasteiger partial charge in [0.2, 0.25) is 23.6 Å². The van der Waals surface area contributed by atoms with Crippen molar-refractivity contribution in [3.63, 3.8) is 0 Å². The highest BCUT2D eigenvalue weighted by molar-refractivity contribution is 7.98. The minimum absolute atomic E-state index is 0.0347. The van der Waals surface area contributed by atoms with E-state index in [0.29, 0.717) is 25.1 Å². The maximum Gasteiger partial charge on any atom is 0.408 e. The first-order valence-electron chi connectivity index (χ1n) is 18.3. The van der Waals surface area contributed by atoms with Crippen LogP contribution in [0.2, 0.25) is 0 Å². The van der Waals surface area contributed by atoms with Crippen molar-refractivity contribution in [2.75, 3.05) is 25.2 Å². The highest BCUT2D eigenvalue weighted by Crippen LogP contribution is 2.18. The van der Waals surface area contributed by atoms with Crippen LogP contribution in [0.4, 0.5) is 4.79 Å². The molecule has 6 atom stereocenters. The van der Waals surface area contributed by atoms with E-state index in [-0.39, 0.29) is 36.5 Å². The van der Waals surface area contributed by atoms with Gasteiger partial charge in [0.15, 0.2) is 0 Å². The minimum Gasteiger partial charge on any atom is -0.444 e. The van der Waals surface area contributed by atoms with E-state index in [0.717, 1.165) is 5.57 Å². The van der Waals surface area contributed by atoms with Crippen molar-refractivity contribution in [2.24, 2.45) is 23.7 Å². The minimum atomic E-state index is -1.24. The van der Waals surface area contributed by atoms with E-state index in [9.17, 15) is 34.2 Å². The monoisotopic (exact) mass is 751 g/mol. The number of carbonyl (C=O) groups is 5. The molecule has 0 aromatic heterocycles. The lowest BCUT2D eigenvalue weighted by atomic mass is 9.91. The van der Waals surface area contributed by atoms with Gasteiger partial charge in [-0.15, -0.1) is 0 Å². The summed E-state index contributed by atoms with van der Waals surface area (Å²) in [6, 6.07) is -3.64. The Morgan fingerprint density at radius 2 is 1.46 bits per heavy atom. The third-order valence-corrected chi connectivity index (χ3v) is 8.95. The molecule has 0 saturated heterocycles. The Hall–Kier alpha value is -3.36. The third-order valence-electron chi connectivity index (χ3n) is 8.31. The molecule has 0 bridgehead atoms. The molecule has 0 fully saturated rings. The predicted molar refractivity (Wildman–Crippen MR) is 206 cm³/mol. The molecule has 1 aliphatic rings. The molecule has 0 radical (unpaired) electrons. The Morgan fingerprint density at radius 3 is 2.02 bits per heavy atom. The van der Waals surface area contributed by atoms with Crippen molar-refractivity contribution in [3.05, 3.63) is 36.0 Å². The molecule has 0 aliphatic heterocycles. The predicted octanol–water partition coefficient (Wildman–Crippen LogP) is 3.36. The zero-order valence-electron chi connectivity index (χ0n) is 32.8. The van der Waals surface area contributed by atoms with Gasteiger partial charge in [-0.3, -0.25) is 19.2 Å². The fourth-order valence-electron chi connectivity index (χ4n) is 5.43. The van der Waals surface area contributed by atoms with Gasteiger partial charge >= 0.3 is 6.09 Å². The van der Waals surface area contributed by atoms with Crippen LogP contribution in [0.15, 0.2) is 36.0 Å². The van der Waals surface area contributed by atoms with Gasteiger partial charge in [-0.1, -0.05) is 71.9 Å². The van der Waals surface area contributed by atoms with Gasteiger partial charge in [0.25, 0.3) is 0 Å². The number of aliphatic hydroxyl groups excluding tert-OH is 2. The summed E-state index contributed by atoms with van der Waals surface area (Å²) in [6.07, 6.45) is 10.7. The van der Waals surface area contributed by atoms with Gasteiger partial charge in [0.1, 0.15) is 23.7 Å². The van der Waals surface area contributed by atoms with Gasteiger partial charge in [-0.25, -0.2) is 4.79 Å². The summed E-state index contributed by atoms with van der Waals surface area (Å²) >= 11 is 1.50. The molecule has 1 aliphatic carbocycles. The van der Waals surface area contributed by atoms with Crippen LogP contribution in [0.3, 0.4) is 0 Å². The van der Waals surface area contributed by atoms with Crippen LogP contribution in [0.5, 0.6) is 0 Å². The van der Waals surface area contributed by atoms with E-state index in [4.69, 9.17) is 4.74 Å². The largest absolute Gasteiger partial charge is 0.444 e. The summed E-state index contributed by atoms with van der Waals surface area (Å²) in [5.41, 5.74) is 0.243. The Morgan fingerprint density at radius 1 is 0.827 bits per heavy atom. The van der Waals surface area contributed by atoms with Crippen molar-refractivity contribution in [3.8, 4) is 0 Å². The fraction of sp³-hybridized carbons (Fsp3) is 0.711. The van der Waals surface area contributed by atoms with Gasteiger partial charge in [0.05, 0.1) is 24.7 Å². The third kappa shape index (κ3) is 17.9. The molecule has 0 spiro atoms. The number of alkyl carbamates (subject to hydrolysis) is 1. The second kappa shape index (κ2) is 23.3. The molecule has 0 aromatic carbocycles. The normalized spacial score (nSPS) is 16.6. The number of amides is 5. The zero-order valence-corrected chi connectivity index (χ0v) is 33.6. The van der Waals surface area contributed by atoms with Gasteiger partial charge in [0, 0.05) is 6.54 Å². The van der Waals surface area contributed by atoms with E-state index < -0.39 is 72.2 Å². The second-order valence-electron chi connectivity index (χ2n) is 15.4. The van der Waals surface area contributed by atoms with Crippen LogP contribution in [-0.4, -0.2) is 101 Å². The first-order chi connectivity index (χ1) is 24.3. The quantitative estimate of drug-likeness (QED) is 0.0921. The van der Waals surface area contributed by atoms with E-state index in [1.165, 1.54) is 11.8 Å². The molecule has 1 rings (SSSR count). The average Bonchev–Trinajstić information content (AvgIpc) is 3.32. The highest BCUT2D eigenvalue weighted by atomic mass is 32.2. The summed E-state index contributed by atoms with van der Waals surface area (Å²) in [5, 5.41) is 35.5. The highest BCUT2D eigenvalue weighted by Gasteiger charge is 2.34. The molecule has 52 heavy (non-hydrogen) atoms.